The van der Waals surface area contributed by atoms with E-state index >= 15 is 0 Å². The van der Waals surface area contributed by atoms with E-state index in [2.05, 4.69) is 44.5 Å². The van der Waals surface area contributed by atoms with Crippen LogP contribution in [0.25, 0.3) is 0 Å². The zero-order valence-corrected chi connectivity index (χ0v) is 16.4. The fourth-order valence-corrected chi connectivity index (χ4v) is 3.40. The van der Waals surface area contributed by atoms with Crippen LogP contribution in [0.2, 0.25) is 0 Å². The van der Waals surface area contributed by atoms with E-state index in [1.54, 1.807) is 38.6 Å². The Morgan fingerprint density at radius 1 is 1.00 bits per heavy atom. The number of carbonyl (C=O) groups is 1. The Labute approximate surface area is 169 Å². The maximum atomic E-state index is 12.5. The van der Waals surface area contributed by atoms with Gasteiger partial charge in [0.15, 0.2) is 11.5 Å². The summed E-state index contributed by atoms with van der Waals surface area (Å²) >= 11 is 0. The summed E-state index contributed by atoms with van der Waals surface area (Å²) in [5.41, 5.74) is 3.52. The highest BCUT2D eigenvalue weighted by molar-refractivity contribution is 6.02. The van der Waals surface area contributed by atoms with Gasteiger partial charge in [-0.25, -0.2) is 9.97 Å². The number of hydrogen-bond acceptors (Lipinski definition) is 6. The van der Waals surface area contributed by atoms with Gasteiger partial charge in [0.25, 0.3) is 5.91 Å². The molecule has 2 aromatic carbocycles. The number of benzene rings is 2. The minimum absolute atomic E-state index is 0.251. The van der Waals surface area contributed by atoms with E-state index < -0.39 is 0 Å². The molecule has 1 aromatic heterocycles. The normalized spacial score (nSPS) is 12.8. The van der Waals surface area contributed by atoms with Gasteiger partial charge in [0.2, 0.25) is 0 Å². The molecule has 7 nitrogen and oxygen atoms in total. The van der Waals surface area contributed by atoms with Gasteiger partial charge in [0.1, 0.15) is 11.5 Å². The van der Waals surface area contributed by atoms with Crippen molar-refractivity contribution in [2.24, 2.45) is 0 Å². The van der Waals surface area contributed by atoms with E-state index in [1.165, 1.54) is 17.3 Å². The lowest BCUT2D eigenvalue weighted by Crippen LogP contribution is -2.31. The maximum absolute atomic E-state index is 12.5. The molecule has 29 heavy (non-hydrogen) atoms. The van der Waals surface area contributed by atoms with Gasteiger partial charge >= 0.3 is 0 Å². The highest BCUT2D eigenvalue weighted by atomic mass is 16.5. The molecule has 0 saturated heterocycles. The van der Waals surface area contributed by atoms with Crippen LogP contribution in [-0.2, 0) is 13.0 Å². The smallest absolute Gasteiger partial charge is 0.275 e. The molecule has 1 aliphatic rings. The Balaban J connectivity index is 1.45. The van der Waals surface area contributed by atoms with Gasteiger partial charge in [-0.1, -0.05) is 24.3 Å². The molecule has 0 fully saturated rings. The summed E-state index contributed by atoms with van der Waals surface area (Å²) in [7, 11) is 3.11. The summed E-state index contributed by atoms with van der Waals surface area (Å²) in [6.07, 6.45) is 4.13. The van der Waals surface area contributed by atoms with Gasteiger partial charge in [-0.3, -0.25) is 4.79 Å². The standard InChI is InChI=1S/C22H22N4O3/c1-28-19-8-7-17(11-20(19)29-2)25-22(27)18-12-24-21(13-23-18)26-10-9-15-5-3-4-6-16(15)14-26/h3-8,11-13H,9-10,14H2,1-2H3,(H,25,27). The van der Waals surface area contributed by atoms with Crippen molar-refractivity contribution in [3.63, 3.8) is 0 Å². The third-order valence-electron chi connectivity index (χ3n) is 4.97. The van der Waals surface area contributed by atoms with Crippen molar-refractivity contribution in [2.75, 3.05) is 31.0 Å². The van der Waals surface area contributed by atoms with Gasteiger partial charge in [-0.2, -0.15) is 0 Å². The molecular weight excluding hydrogens is 368 g/mol. The molecule has 2 heterocycles. The topological polar surface area (TPSA) is 76.6 Å². The van der Waals surface area contributed by atoms with Crippen LogP contribution in [0.15, 0.2) is 54.9 Å². The third-order valence-corrected chi connectivity index (χ3v) is 4.97. The monoisotopic (exact) mass is 390 g/mol. The first-order valence-electron chi connectivity index (χ1n) is 9.35. The average Bonchev–Trinajstić information content (AvgIpc) is 2.78. The Hall–Kier alpha value is -3.61. The summed E-state index contributed by atoms with van der Waals surface area (Å²) in [5.74, 6) is 1.57. The Morgan fingerprint density at radius 3 is 2.52 bits per heavy atom. The van der Waals surface area contributed by atoms with Gasteiger partial charge < -0.3 is 19.7 Å². The van der Waals surface area contributed by atoms with Crippen molar-refractivity contribution in [3.8, 4) is 11.5 Å². The molecule has 0 unspecified atom stereocenters. The number of amides is 1. The van der Waals surface area contributed by atoms with E-state index in [0.717, 1.165) is 25.3 Å². The minimum atomic E-state index is -0.333. The zero-order chi connectivity index (χ0) is 20.2. The molecule has 3 aromatic rings. The summed E-state index contributed by atoms with van der Waals surface area (Å²) in [4.78, 5) is 23.5. The predicted molar refractivity (Wildman–Crippen MR) is 111 cm³/mol. The fraction of sp³-hybridized carbons (Fsp3) is 0.227. The van der Waals surface area contributed by atoms with Crippen LogP contribution in [0.1, 0.15) is 21.6 Å². The minimum Gasteiger partial charge on any atom is -0.493 e. The molecule has 1 N–H and O–H groups in total. The van der Waals surface area contributed by atoms with E-state index in [0.29, 0.717) is 17.2 Å². The Morgan fingerprint density at radius 2 is 1.79 bits per heavy atom. The molecule has 0 atom stereocenters. The third kappa shape index (κ3) is 3.99. The molecule has 0 saturated carbocycles. The lowest BCUT2D eigenvalue weighted by molar-refractivity contribution is 0.102. The fourth-order valence-electron chi connectivity index (χ4n) is 3.40. The van der Waals surface area contributed by atoms with Crippen LogP contribution < -0.4 is 19.7 Å². The first-order valence-corrected chi connectivity index (χ1v) is 9.35. The van der Waals surface area contributed by atoms with Gasteiger partial charge in [0.05, 0.1) is 26.6 Å². The Kier molecular flexibility index (Phi) is 5.29. The van der Waals surface area contributed by atoms with Crippen molar-refractivity contribution in [1.82, 2.24) is 9.97 Å². The van der Waals surface area contributed by atoms with Gasteiger partial charge in [-0.15, -0.1) is 0 Å². The van der Waals surface area contributed by atoms with Crippen LogP contribution >= 0.6 is 0 Å². The number of fused-ring (bicyclic) bond motifs is 1. The number of rotatable bonds is 5. The second-order valence-corrected chi connectivity index (χ2v) is 6.72. The number of methoxy groups -OCH3 is 2. The van der Waals surface area contributed by atoms with Crippen LogP contribution in [0, 0.1) is 0 Å². The second-order valence-electron chi connectivity index (χ2n) is 6.72. The van der Waals surface area contributed by atoms with Gasteiger partial charge in [-0.05, 0) is 29.7 Å². The molecule has 0 spiro atoms. The van der Waals surface area contributed by atoms with Crippen molar-refractivity contribution < 1.29 is 14.3 Å². The number of anilines is 2. The van der Waals surface area contributed by atoms with Crippen molar-refractivity contribution in [3.05, 3.63) is 71.7 Å². The molecule has 4 rings (SSSR count). The molecule has 1 aliphatic heterocycles. The quantitative estimate of drug-likeness (QED) is 0.720. The summed E-state index contributed by atoms with van der Waals surface area (Å²) in [6, 6.07) is 13.6. The van der Waals surface area contributed by atoms with E-state index in [-0.39, 0.29) is 11.6 Å². The van der Waals surface area contributed by atoms with Crippen LogP contribution in [0.3, 0.4) is 0 Å². The van der Waals surface area contributed by atoms with Crippen molar-refractivity contribution >= 4 is 17.4 Å². The van der Waals surface area contributed by atoms with Crippen molar-refractivity contribution in [1.29, 1.82) is 0 Å². The first-order chi connectivity index (χ1) is 14.2. The second kappa shape index (κ2) is 8.18. The highest BCUT2D eigenvalue weighted by Gasteiger charge is 2.18. The number of nitrogens with zero attached hydrogens (tertiary/aromatic N) is 3. The number of hydrogen-bond donors (Lipinski definition) is 1. The van der Waals surface area contributed by atoms with Crippen LogP contribution in [0.5, 0.6) is 11.5 Å². The lowest BCUT2D eigenvalue weighted by Gasteiger charge is -2.29. The van der Waals surface area contributed by atoms with E-state index in [4.69, 9.17) is 9.47 Å². The largest absolute Gasteiger partial charge is 0.493 e. The maximum Gasteiger partial charge on any atom is 0.275 e. The van der Waals surface area contributed by atoms with Gasteiger partial charge in [0, 0.05) is 24.8 Å². The lowest BCUT2D eigenvalue weighted by atomic mass is 10.0. The van der Waals surface area contributed by atoms with Crippen molar-refractivity contribution in [2.45, 2.75) is 13.0 Å². The molecule has 0 radical (unpaired) electrons. The van der Waals surface area contributed by atoms with E-state index in [9.17, 15) is 4.79 Å². The zero-order valence-electron chi connectivity index (χ0n) is 16.4. The summed E-state index contributed by atoms with van der Waals surface area (Å²) in [6.45, 7) is 1.67. The number of aromatic nitrogens is 2. The number of carbonyl (C=O) groups excluding carboxylic acids is 1. The highest BCUT2D eigenvalue weighted by Crippen LogP contribution is 2.30. The van der Waals surface area contributed by atoms with E-state index in [1.807, 2.05) is 0 Å². The molecule has 148 valence electrons. The number of nitrogens with one attached hydrogen (secondary N) is 1. The van der Waals surface area contributed by atoms with Crippen LogP contribution in [-0.4, -0.2) is 36.6 Å². The molecular formula is C22H22N4O3. The molecule has 1 amide bonds. The Bertz CT molecular complexity index is 1020. The summed E-state index contributed by atoms with van der Waals surface area (Å²) < 4.78 is 10.5. The SMILES string of the molecule is COc1ccc(NC(=O)c2cnc(N3CCc4ccccc4C3)cn2)cc1OC. The molecule has 7 heteroatoms. The number of ether oxygens (including phenoxy) is 2. The molecule has 0 aliphatic carbocycles. The first kappa shape index (κ1) is 18.7. The summed E-state index contributed by atoms with van der Waals surface area (Å²) in [5, 5.41) is 2.81. The van der Waals surface area contributed by atoms with Crippen LogP contribution in [0.4, 0.5) is 11.5 Å². The predicted octanol–water partition coefficient (Wildman–Crippen LogP) is 3.31. The molecule has 0 bridgehead atoms. The average molecular weight is 390 g/mol.